The third-order valence-electron chi connectivity index (χ3n) is 3.39. The summed E-state index contributed by atoms with van der Waals surface area (Å²) >= 11 is 4.95. The quantitative estimate of drug-likeness (QED) is 0.623. The molecule has 0 spiro atoms. The lowest BCUT2D eigenvalue weighted by Gasteiger charge is -2.38. The van der Waals surface area contributed by atoms with Gasteiger partial charge in [0.15, 0.2) is 0 Å². The van der Waals surface area contributed by atoms with E-state index in [4.69, 9.17) is 11.6 Å². The molecule has 0 aliphatic carbocycles. The van der Waals surface area contributed by atoms with Gasteiger partial charge in [0, 0.05) is 16.4 Å². The topological polar surface area (TPSA) is 26.3 Å². The van der Waals surface area contributed by atoms with Gasteiger partial charge in [-0.2, -0.15) is 0 Å². The summed E-state index contributed by atoms with van der Waals surface area (Å²) in [6.07, 6.45) is 6.16. The molecule has 110 valence electrons. The van der Waals surface area contributed by atoms with E-state index in [0.717, 1.165) is 24.4 Å². The van der Waals surface area contributed by atoms with Gasteiger partial charge in [0.05, 0.1) is 12.6 Å². The molecule has 0 saturated heterocycles. The van der Waals surface area contributed by atoms with Crippen molar-refractivity contribution in [3.63, 3.8) is 0 Å². The number of hydrogen-bond donors (Lipinski definition) is 0. The van der Waals surface area contributed by atoms with Gasteiger partial charge in [-0.3, -0.25) is 0 Å². The maximum Gasteiger partial charge on any atom is 0.137 e. The second-order valence-corrected chi connectivity index (χ2v) is 8.78. The normalized spacial score (nSPS) is 21.9. The molecule has 0 aromatic heterocycles. The summed E-state index contributed by atoms with van der Waals surface area (Å²) in [5.41, 5.74) is 1.24. The van der Waals surface area contributed by atoms with Crippen molar-refractivity contribution >= 4 is 23.0 Å². The zero-order valence-electron chi connectivity index (χ0n) is 12.3. The molecule has 0 fully saturated rings. The molecule has 0 saturated carbocycles. The molecule has 2 atom stereocenters. The summed E-state index contributed by atoms with van der Waals surface area (Å²) in [4.78, 5) is 0. The van der Waals surface area contributed by atoms with Crippen molar-refractivity contribution in [1.82, 2.24) is 4.31 Å². The minimum Gasteiger partial charge on any atom is -0.597 e. The molecule has 0 N–H and O–H groups in total. The van der Waals surface area contributed by atoms with Crippen molar-refractivity contribution in [2.75, 3.05) is 6.54 Å². The van der Waals surface area contributed by atoms with Gasteiger partial charge in [0.25, 0.3) is 0 Å². The fraction of sp³-hybridized carbons (Fsp3) is 0.500. The lowest BCUT2D eigenvalue weighted by atomic mass is 10.0. The third kappa shape index (κ3) is 4.01. The van der Waals surface area contributed by atoms with Crippen LogP contribution in [0.25, 0.3) is 0 Å². The van der Waals surface area contributed by atoms with E-state index in [9.17, 15) is 4.55 Å². The fourth-order valence-corrected chi connectivity index (χ4v) is 3.81. The van der Waals surface area contributed by atoms with Gasteiger partial charge in [-0.25, -0.2) is 0 Å². The Bertz CT molecular complexity index is 466. The van der Waals surface area contributed by atoms with E-state index in [2.05, 4.69) is 28.6 Å². The van der Waals surface area contributed by atoms with Crippen molar-refractivity contribution in [1.29, 1.82) is 0 Å². The molecule has 1 aliphatic heterocycles. The number of halogens is 1. The van der Waals surface area contributed by atoms with E-state index < -0.39 is 11.4 Å². The van der Waals surface area contributed by atoms with Crippen LogP contribution in [0.5, 0.6) is 0 Å². The van der Waals surface area contributed by atoms with Crippen LogP contribution in [0.3, 0.4) is 0 Å². The Morgan fingerprint density at radius 1 is 1.25 bits per heavy atom. The molecule has 0 amide bonds. The molecule has 1 aromatic rings. The molecule has 2 nitrogen and oxygen atoms in total. The van der Waals surface area contributed by atoms with E-state index >= 15 is 0 Å². The van der Waals surface area contributed by atoms with Crippen LogP contribution in [-0.4, -0.2) is 26.2 Å². The minimum absolute atomic E-state index is 0.219. The molecule has 1 aromatic carbocycles. The molecule has 0 unspecified atom stereocenters. The Hall–Kier alpha value is -0.480. The highest BCUT2D eigenvalue weighted by Gasteiger charge is 2.37. The third-order valence-corrected chi connectivity index (χ3v) is 5.56. The monoisotopic (exact) mass is 311 g/mol. The standard InChI is InChI=1S/C16H22ClNOS/c1-16(2,3)20(19)18-11-5-4-6-15(18)12-13-7-9-14(17)10-8-13/h4-5,7-10,15H,6,11-12H2,1-3H3/t15-,20+/m1/s1. The molecule has 0 bridgehead atoms. The molecule has 20 heavy (non-hydrogen) atoms. The second kappa shape index (κ2) is 6.52. The van der Waals surface area contributed by atoms with Crippen molar-refractivity contribution in [3.05, 3.63) is 47.0 Å². The van der Waals surface area contributed by atoms with E-state index in [1.165, 1.54) is 5.56 Å². The zero-order chi connectivity index (χ0) is 14.8. The van der Waals surface area contributed by atoms with Gasteiger partial charge in [-0.05, 0) is 51.3 Å². The number of hydrogen-bond acceptors (Lipinski definition) is 2. The maximum atomic E-state index is 12.7. The van der Waals surface area contributed by atoms with Crippen LogP contribution in [-0.2, 0) is 17.8 Å². The molecule has 4 heteroatoms. The minimum atomic E-state index is -0.976. The molecule has 1 aliphatic rings. The summed E-state index contributed by atoms with van der Waals surface area (Å²) < 4.78 is 14.6. The molecule has 1 heterocycles. The summed E-state index contributed by atoms with van der Waals surface area (Å²) in [7, 11) is 0. The zero-order valence-corrected chi connectivity index (χ0v) is 13.9. The van der Waals surface area contributed by atoms with Crippen molar-refractivity contribution in [3.8, 4) is 0 Å². The first-order chi connectivity index (χ1) is 9.38. The Morgan fingerprint density at radius 3 is 2.50 bits per heavy atom. The Kier molecular flexibility index (Phi) is 5.19. The molecule has 0 radical (unpaired) electrons. The van der Waals surface area contributed by atoms with Crippen LogP contribution >= 0.6 is 11.6 Å². The SMILES string of the molecule is CC(C)(C)[S@+]([O-])N1CC=CC[C@@H]1Cc1ccc(Cl)cc1. The number of nitrogens with zero attached hydrogens (tertiary/aromatic N) is 1. The van der Waals surface area contributed by atoms with Gasteiger partial charge >= 0.3 is 0 Å². The summed E-state index contributed by atoms with van der Waals surface area (Å²) in [5, 5.41) is 0.757. The Morgan fingerprint density at radius 2 is 1.90 bits per heavy atom. The fourth-order valence-electron chi connectivity index (χ4n) is 2.33. The van der Waals surface area contributed by atoms with Crippen molar-refractivity contribution in [2.24, 2.45) is 0 Å². The number of benzene rings is 1. The smallest absolute Gasteiger partial charge is 0.137 e. The first kappa shape index (κ1) is 15.9. The van der Waals surface area contributed by atoms with Crippen LogP contribution in [0, 0.1) is 0 Å². The van der Waals surface area contributed by atoms with Gasteiger partial charge in [-0.1, -0.05) is 35.9 Å². The molecule has 2 rings (SSSR count). The summed E-state index contributed by atoms with van der Waals surface area (Å²) in [5.74, 6) is 0. The van der Waals surface area contributed by atoms with Crippen LogP contribution in [0.1, 0.15) is 32.8 Å². The average Bonchev–Trinajstić information content (AvgIpc) is 2.40. The highest BCUT2D eigenvalue weighted by molar-refractivity contribution is 7.90. The van der Waals surface area contributed by atoms with E-state index in [-0.39, 0.29) is 4.75 Å². The Labute approximate surface area is 130 Å². The largest absolute Gasteiger partial charge is 0.597 e. The highest BCUT2D eigenvalue weighted by atomic mass is 35.5. The lowest BCUT2D eigenvalue weighted by molar-refractivity contribution is 0.320. The van der Waals surface area contributed by atoms with E-state index in [1.807, 2.05) is 32.9 Å². The average molecular weight is 312 g/mol. The predicted molar refractivity (Wildman–Crippen MR) is 87.3 cm³/mol. The molecular weight excluding hydrogens is 290 g/mol. The van der Waals surface area contributed by atoms with E-state index in [0.29, 0.717) is 6.04 Å². The van der Waals surface area contributed by atoms with Crippen LogP contribution in [0.4, 0.5) is 0 Å². The first-order valence-corrected chi connectivity index (χ1v) is 8.44. The number of rotatable bonds is 3. The lowest BCUT2D eigenvalue weighted by Crippen LogP contribution is -2.50. The highest BCUT2D eigenvalue weighted by Crippen LogP contribution is 2.27. The summed E-state index contributed by atoms with van der Waals surface area (Å²) in [6.45, 7) is 6.85. The predicted octanol–water partition coefficient (Wildman–Crippen LogP) is 3.98. The Balaban J connectivity index is 2.11. The van der Waals surface area contributed by atoms with Crippen LogP contribution < -0.4 is 0 Å². The second-order valence-electron chi connectivity index (χ2n) is 6.15. The molecular formula is C16H22ClNOS. The summed E-state index contributed by atoms with van der Waals surface area (Å²) in [6, 6.07) is 8.24. The van der Waals surface area contributed by atoms with E-state index in [1.54, 1.807) is 0 Å². The van der Waals surface area contributed by atoms with Crippen molar-refractivity contribution in [2.45, 2.75) is 44.4 Å². The van der Waals surface area contributed by atoms with Crippen LogP contribution in [0.15, 0.2) is 36.4 Å². The van der Waals surface area contributed by atoms with Gasteiger partial charge in [0.2, 0.25) is 0 Å². The van der Waals surface area contributed by atoms with Gasteiger partial charge < -0.3 is 4.55 Å². The van der Waals surface area contributed by atoms with Crippen molar-refractivity contribution < 1.29 is 4.55 Å². The first-order valence-electron chi connectivity index (χ1n) is 6.96. The van der Waals surface area contributed by atoms with Crippen LogP contribution in [0.2, 0.25) is 5.02 Å². The maximum absolute atomic E-state index is 12.7. The van der Waals surface area contributed by atoms with Gasteiger partial charge in [0.1, 0.15) is 4.75 Å². The van der Waals surface area contributed by atoms with Gasteiger partial charge in [-0.15, -0.1) is 4.31 Å².